The maximum absolute atomic E-state index is 3.27. The Balaban J connectivity index is 2.12. The van der Waals surface area contributed by atoms with E-state index in [2.05, 4.69) is 31.2 Å². The van der Waals surface area contributed by atoms with E-state index < -0.39 is 0 Å². The Labute approximate surface area is 57.2 Å². The van der Waals surface area contributed by atoms with E-state index in [4.69, 9.17) is 0 Å². The molecule has 0 amide bonds. The number of hydrogen-bond donors (Lipinski definition) is 1. The summed E-state index contributed by atoms with van der Waals surface area (Å²) in [5.74, 6) is 0. The summed E-state index contributed by atoms with van der Waals surface area (Å²) in [7, 11) is 0. The molecule has 2 heteroatoms. The fraction of sp³-hybridized carbons (Fsp3) is 1.00. The van der Waals surface area contributed by atoms with Crippen molar-refractivity contribution in [1.29, 1.82) is 0 Å². The van der Waals surface area contributed by atoms with E-state index in [0.717, 1.165) is 6.54 Å². The molecule has 9 heavy (non-hydrogen) atoms. The van der Waals surface area contributed by atoms with Crippen molar-refractivity contribution >= 4 is 0 Å². The molecule has 0 aromatic heterocycles. The third-order valence-electron chi connectivity index (χ3n) is 1.62. The zero-order valence-electron chi connectivity index (χ0n) is 6.57. The zero-order chi connectivity index (χ0) is 6.91. The summed E-state index contributed by atoms with van der Waals surface area (Å²) in [5, 5.41) is 2.26. The van der Waals surface area contributed by atoms with E-state index in [1.807, 2.05) is 0 Å². The highest BCUT2D eigenvalue weighted by molar-refractivity contribution is 4.84. The van der Waals surface area contributed by atoms with Crippen molar-refractivity contribution in [1.82, 2.24) is 10.4 Å². The van der Waals surface area contributed by atoms with Crippen molar-refractivity contribution in [2.45, 2.75) is 20.8 Å². The molecule has 0 spiro atoms. The fourth-order valence-electron chi connectivity index (χ4n) is 1.32. The van der Waals surface area contributed by atoms with Gasteiger partial charge in [0, 0.05) is 19.6 Å². The molecule has 0 aromatic carbocycles. The quantitative estimate of drug-likeness (QED) is 0.593. The number of hydrogen-bond acceptors (Lipinski definition) is 2. The summed E-state index contributed by atoms with van der Waals surface area (Å²) in [5.41, 5.74) is 3.83. The Morgan fingerprint density at radius 3 is 2.33 bits per heavy atom. The molecule has 1 rings (SSSR count). The van der Waals surface area contributed by atoms with Crippen molar-refractivity contribution < 1.29 is 0 Å². The first kappa shape index (κ1) is 7.03. The van der Waals surface area contributed by atoms with E-state index in [-0.39, 0.29) is 0 Å². The molecule has 1 aliphatic heterocycles. The van der Waals surface area contributed by atoms with E-state index in [1.54, 1.807) is 0 Å². The fourth-order valence-corrected chi connectivity index (χ4v) is 1.32. The SMILES string of the molecule is CCNN1CC(C)(C)C1. The molecule has 1 N–H and O–H groups in total. The maximum atomic E-state index is 3.27. The summed E-state index contributed by atoms with van der Waals surface area (Å²) >= 11 is 0. The van der Waals surface area contributed by atoms with Gasteiger partial charge >= 0.3 is 0 Å². The molecule has 2 nitrogen and oxygen atoms in total. The Kier molecular flexibility index (Phi) is 1.78. The van der Waals surface area contributed by atoms with Gasteiger partial charge in [-0.15, -0.1) is 0 Å². The molecule has 0 bridgehead atoms. The standard InChI is InChI=1S/C7H16N2/c1-4-8-9-5-7(2,3)6-9/h8H,4-6H2,1-3H3. The van der Waals surface area contributed by atoms with Crippen LogP contribution >= 0.6 is 0 Å². The van der Waals surface area contributed by atoms with Gasteiger partial charge in [-0.1, -0.05) is 20.8 Å². The first-order valence-corrected chi connectivity index (χ1v) is 3.62. The topological polar surface area (TPSA) is 15.3 Å². The molecular formula is C7H16N2. The van der Waals surface area contributed by atoms with Crippen LogP contribution in [0.1, 0.15) is 20.8 Å². The van der Waals surface area contributed by atoms with Gasteiger partial charge < -0.3 is 0 Å². The Morgan fingerprint density at radius 1 is 1.44 bits per heavy atom. The van der Waals surface area contributed by atoms with Gasteiger partial charge in [0.2, 0.25) is 0 Å². The maximum Gasteiger partial charge on any atom is 0.0195 e. The largest absolute Gasteiger partial charge is 0.255 e. The summed E-state index contributed by atoms with van der Waals surface area (Å²) in [6.07, 6.45) is 0. The van der Waals surface area contributed by atoms with Crippen LogP contribution in [0.4, 0.5) is 0 Å². The molecule has 0 unspecified atom stereocenters. The summed E-state index contributed by atoms with van der Waals surface area (Å²) in [4.78, 5) is 0. The molecule has 0 saturated carbocycles. The minimum Gasteiger partial charge on any atom is -0.255 e. The van der Waals surface area contributed by atoms with Gasteiger partial charge in [-0.05, 0) is 5.41 Å². The molecule has 0 atom stereocenters. The van der Waals surface area contributed by atoms with Crippen LogP contribution in [0.3, 0.4) is 0 Å². The van der Waals surface area contributed by atoms with E-state index >= 15 is 0 Å². The van der Waals surface area contributed by atoms with Gasteiger partial charge in [0.25, 0.3) is 0 Å². The monoisotopic (exact) mass is 128 g/mol. The molecule has 1 saturated heterocycles. The normalized spacial score (nSPS) is 25.7. The minimum atomic E-state index is 0.558. The Hall–Kier alpha value is -0.0800. The van der Waals surface area contributed by atoms with Crippen LogP contribution < -0.4 is 5.43 Å². The molecule has 0 radical (unpaired) electrons. The van der Waals surface area contributed by atoms with E-state index in [9.17, 15) is 0 Å². The lowest BCUT2D eigenvalue weighted by Gasteiger charge is -2.45. The predicted molar refractivity (Wildman–Crippen MR) is 39.0 cm³/mol. The highest BCUT2D eigenvalue weighted by atomic mass is 15.5. The van der Waals surface area contributed by atoms with Crippen molar-refractivity contribution in [3.05, 3.63) is 0 Å². The summed E-state index contributed by atoms with van der Waals surface area (Å²) in [6, 6.07) is 0. The molecule has 54 valence electrons. The van der Waals surface area contributed by atoms with Crippen LogP contribution in [0.25, 0.3) is 0 Å². The van der Waals surface area contributed by atoms with Gasteiger partial charge in [0.1, 0.15) is 0 Å². The predicted octanol–water partition coefficient (Wildman–Crippen LogP) is 0.853. The first-order chi connectivity index (χ1) is 4.14. The lowest BCUT2D eigenvalue weighted by Crippen LogP contribution is -2.58. The van der Waals surface area contributed by atoms with Gasteiger partial charge in [0.05, 0.1) is 0 Å². The van der Waals surface area contributed by atoms with Gasteiger partial charge in [-0.2, -0.15) is 0 Å². The first-order valence-electron chi connectivity index (χ1n) is 3.62. The van der Waals surface area contributed by atoms with E-state index in [1.165, 1.54) is 13.1 Å². The molecule has 0 aliphatic carbocycles. The number of rotatable bonds is 2. The third kappa shape index (κ3) is 1.66. The number of hydrazine groups is 1. The van der Waals surface area contributed by atoms with Crippen molar-refractivity contribution in [2.75, 3.05) is 19.6 Å². The van der Waals surface area contributed by atoms with Crippen LogP contribution in [0.5, 0.6) is 0 Å². The lowest BCUT2D eigenvalue weighted by atomic mass is 9.86. The van der Waals surface area contributed by atoms with Crippen LogP contribution in [0.15, 0.2) is 0 Å². The molecule has 1 heterocycles. The van der Waals surface area contributed by atoms with Crippen molar-refractivity contribution in [3.63, 3.8) is 0 Å². The van der Waals surface area contributed by atoms with Crippen molar-refractivity contribution in [2.24, 2.45) is 5.41 Å². The highest BCUT2D eigenvalue weighted by Crippen LogP contribution is 2.26. The Bertz CT molecular complexity index is 91.1. The Morgan fingerprint density at radius 2 is 2.00 bits per heavy atom. The van der Waals surface area contributed by atoms with Gasteiger partial charge in [0.15, 0.2) is 0 Å². The molecule has 1 aliphatic rings. The second-order valence-electron chi connectivity index (χ2n) is 3.53. The molecule has 0 aromatic rings. The smallest absolute Gasteiger partial charge is 0.0195 e. The van der Waals surface area contributed by atoms with Gasteiger partial charge in [-0.3, -0.25) is 5.43 Å². The van der Waals surface area contributed by atoms with Gasteiger partial charge in [-0.25, -0.2) is 5.01 Å². The minimum absolute atomic E-state index is 0.558. The molecule has 1 fully saturated rings. The third-order valence-corrected chi connectivity index (χ3v) is 1.62. The van der Waals surface area contributed by atoms with Crippen LogP contribution in [0.2, 0.25) is 0 Å². The summed E-state index contributed by atoms with van der Waals surface area (Å²) < 4.78 is 0. The average Bonchev–Trinajstić information content (AvgIpc) is 1.62. The zero-order valence-corrected chi connectivity index (χ0v) is 6.57. The second-order valence-corrected chi connectivity index (χ2v) is 3.53. The van der Waals surface area contributed by atoms with E-state index in [0.29, 0.717) is 5.41 Å². The number of nitrogens with one attached hydrogen (secondary N) is 1. The lowest BCUT2D eigenvalue weighted by molar-refractivity contribution is -0.0120. The van der Waals surface area contributed by atoms with Crippen LogP contribution in [-0.2, 0) is 0 Å². The average molecular weight is 128 g/mol. The van der Waals surface area contributed by atoms with Crippen molar-refractivity contribution in [3.8, 4) is 0 Å². The molecular weight excluding hydrogens is 112 g/mol. The highest BCUT2D eigenvalue weighted by Gasteiger charge is 2.33. The van der Waals surface area contributed by atoms with Crippen LogP contribution in [0, 0.1) is 5.41 Å². The second kappa shape index (κ2) is 2.27. The van der Waals surface area contributed by atoms with Crippen LogP contribution in [-0.4, -0.2) is 24.6 Å². The number of nitrogens with zero attached hydrogens (tertiary/aromatic N) is 1. The summed E-state index contributed by atoms with van der Waals surface area (Å²) in [6.45, 7) is 10.2.